The lowest BCUT2D eigenvalue weighted by molar-refractivity contribution is 0.635. The molecule has 0 aliphatic carbocycles. The van der Waals surface area contributed by atoms with Crippen molar-refractivity contribution in [2.24, 2.45) is 5.73 Å². The highest BCUT2D eigenvalue weighted by Gasteiger charge is 2.09. The van der Waals surface area contributed by atoms with Crippen LogP contribution in [0.3, 0.4) is 0 Å². The Kier molecular flexibility index (Phi) is 2.70. The maximum atomic E-state index is 13.4. The summed E-state index contributed by atoms with van der Waals surface area (Å²) in [5, 5.41) is 0.608. The standard InChI is InChI=1S/C11H12FN3O/c1-6(13)5-9-7-3-2-4-8(12)10(7)15-11(16)14-9/h2-4,6H,5,13H2,1H3,(H,14,15,16). The molecule has 0 saturated heterocycles. The molecule has 0 aliphatic rings. The van der Waals surface area contributed by atoms with Gasteiger partial charge in [-0.25, -0.2) is 9.18 Å². The van der Waals surface area contributed by atoms with Crippen LogP contribution >= 0.6 is 0 Å². The van der Waals surface area contributed by atoms with E-state index in [9.17, 15) is 9.18 Å². The number of hydrogen-bond donors (Lipinski definition) is 2. The van der Waals surface area contributed by atoms with Crippen LogP contribution in [0.15, 0.2) is 23.0 Å². The molecule has 2 aromatic rings. The average Bonchev–Trinajstić information content (AvgIpc) is 2.18. The van der Waals surface area contributed by atoms with Crippen molar-refractivity contribution < 1.29 is 4.39 Å². The number of aromatic amines is 1. The van der Waals surface area contributed by atoms with Crippen LogP contribution in [-0.4, -0.2) is 16.0 Å². The zero-order chi connectivity index (χ0) is 11.7. The van der Waals surface area contributed by atoms with Crippen LogP contribution in [-0.2, 0) is 6.42 Å². The first-order valence-corrected chi connectivity index (χ1v) is 5.01. The Morgan fingerprint density at radius 1 is 1.56 bits per heavy atom. The van der Waals surface area contributed by atoms with E-state index in [2.05, 4.69) is 9.97 Å². The molecule has 0 aliphatic heterocycles. The van der Waals surface area contributed by atoms with Crippen molar-refractivity contribution in [1.29, 1.82) is 0 Å². The lowest BCUT2D eigenvalue weighted by Gasteiger charge is -2.08. The summed E-state index contributed by atoms with van der Waals surface area (Å²) in [7, 11) is 0. The van der Waals surface area contributed by atoms with E-state index >= 15 is 0 Å². The lowest BCUT2D eigenvalue weighted by Crippen LogP contribution is -2.22. The minimum absolute atomic E-state index is 0.0990. The van der Waals surface area contributed by atoms with Crippen molar-refractivity contribution in [3.8, 4) is 0 Å². The summed E-state index contributed by atoms with van der Waals surface area (Å²) in [6.07, 6.45) is 0.484. The minimum Gasteiger partial charge on any atom is -0.328 e. The van der Waals surface area contributed by atoms with E-state index in [0.717, 1.165) is 0 Å². The monoisotopic (exact) mass is 221 g/mol. The molecule has 3 N–H and O–H groups in total. The first-order valence-electron chi connectivity index (χ1n) is 5.01. The van der Waals surface area contributed by atoms with Crippen molar-refractivity contribution in [1.82, 2.24) is 9.97 Å². The predicted molar refractivity (Wildman–Crippen MR) is 59.7 cm³/mol. The highest BCUT2D eigenvalue weighted by molar-refractivity contribution is 5.81. The van der Waals surface area contributed by atoms with E-state index in [1.807, 2.05) is 6.92 Å². The van der Waals surface area contributed by atoms with Gasteiger partial charge in [-0.15, -0.1) is 0 Å². The van der Waals surface area contributed by atoms with Crippen LogP contribution in [0.2, 0.25) is 0 Å². The molecule has 1 aromatic carbocycles. The molecule has 0 radical (unpaired) electrons. The fourth-order valence-corrected chi connectivity index (χ4v) is 1.68. The van der Waals surface area contributed by atoms with E-state index in [4.69, 9.17) is 5.73 Å². The van der Waals surface area contributed by atoms with Gasteiger partial charge in [-0.1, -0.05) is 12.1 Å². The fraction of sp³-hybridized carbons (Fsp3) is 0.273. The molecule has 5 heteroatoms. The third-order valence-corrected chi connectivity index (χ3v) is 2.31. The van der Waals surface area contributed by atoms with Crippen LogP contribution in [0.25, 0.3) is 10.9 Å². The SMILES string of the molecule is CC(N)Cc1[nH]c(=O)nc2c(F)cccc12. The molecule has 2 rings (SSSR count). The van der Waals surface area contributed by atoms with Gasteiger partial charge in [0, 0.05) is 23.5 Å². The lowest BCUT2D eigenvalue weighted by atomic mass is 10.1. The van der Waals surface area contributed by atoms with E-state index in [0.29, 0.717) is 17.5 Å². The van der Waals surface area contributed by atoms with Gasteiger partial charge in [-0.3, -0.25) is 0 Å². The largest absolute Gasteiger partial charge is 0.345 e. The van der Waals surface area contributed by atoms with Crippen LogP contribution in [0, 0.1) is 5.82 Å². The van der Waals surface area contributed by atoms with Gasteiger partial charge in [0.2, 0.25) is 0 Å². The van der Waals surface area contributed by atoms with Crippen molar-refractivity contribution >= 4 is 10.9 Å². The van der Waals surface area contributed by atoms with E-state index in [1.54, 1.807) is 12.1 Å². The number of halogens is 1. The zero-order valence-electron chi connectivity index (χ0n) is 8.83. The molecule has 0 amide bonds. The van der Waals surface area contributed by atoms with E-state index in [1.165, 1.54) is 6.07 Å². The second-order valence-corrected chi connectivity index (χ2v) is 3.84. The summed E-state index contributed by atoms with van der Waals surface area (Å²) >= 11 is 0. The van der Waals surface area contributed by atoms with Gasteiger partial charge >= 0.3 is 5.69 Å². The zero-order valence-corrected chi connectivity index (χ0v) is 8.83. The Labute approximate surface area is 91.3 Å². The van der Waals surface area contributed by atoms with Gasteiger partial charge in [-0.2, -0.15) is 4.98 Å². The normalized spacial score (nSPS) is 12.9. The molecule has 1 heterocycles. The van der Waals surface area contributed by atoms with Crippen LogP contribution in [0.4, 0.5) is 4.39 Å². The minimum atomic E-state index is -0.548. The highest BCUT2D eigenvalue weighted by atomic mass is 19.1. The molecule has 1 unspecified atom stereocenters. The van der Waals surface area contributed by atoms with Gasteiger partial charge in [-0.05, 0) is 13.0 Å². The molecular formula is C11H12FN3O. The summed E-state index contributed by atoms with van der Waals surface area (Å²) in [5.41, 5.74) is 5.85. The summed E-state index contributed by atoms with van der Waals surface area (Å²) in [6.45, 7) is 1.82. The number of para-hydroxylation sites is 1. The number of fused-ring (bicyclic) bond motifs is 1. The number of H-pyrrole nitrogens is 1. The van der Waals surface area contributed by atoms with Gasteiger partial charge in [0.15, 0.2) is 0 Å². The van der Waals surface area contributed by atoms with Gasteiger partial charge in [0.05, 0.1) is 0 Å². The second-order valence-electron chi connectivity index (χ2n) is 3.84. The number of aromatic nitrogens is 2. The summed E-state index contributed by atoms with van der Waals surface area (Å²) in [5.74, 6) is -0.491. The Balaban J connectivity index is 2.73. The van der Waals surface area contributed by atoms with Crippen molar-refractivity contribution in [3.63, 3.8) is 0 Å². The molecule has 0 spiro atoms. The first-order chi connectivity index (χ1) is 7.58. The Hall–Kier alpha value is -1.75. The van der Waals surface area contributed by atoms with Gasteiger partial charge < -0.3 is 10.7 Å². The smallest absolute Gasteiger partial charge is 0.328 e. The number of rotatable bonds is 2. The number of nitrogens with zero attached hydrogens (tertiary/aromatic N) is 1. The molecule has 4 nitrogen and oxygen atoms in total. The molecule has 84 valence electrons. The summed E-state index contributed by atoms with van der Waals surface area (Å²) in [4.78, 5) is 17.5. The second kappa shape index (κ2) is 4.02. The third-order valence-electron chi connectivity index (χ3n) is 2.31. The van der Waals surface area contributed by atoms with Crippen LogP contribution in [0.1, 0.15) is 12.6 Å². The topological polar surface area (TPSA) is 71.8 Å². The predicted octanol–water partition coefficient (Wildman–Crippen LogP) is 0.952. The summed E-state index contributed by atoms with van der Waals surface area (Å²) in [6, 6.07) is 4.48. The molecule has 0 fully saturated rings. The molecule has 16 heavy (non-hydrogen) atoms. The van der Waals surface area contributed by atoms with Crippen molar-refractivity contribution in [3.05, 3.63) is 40.2 Å². The maximum absolute atomic E-state index is 13.4. The molecule has 1 aromatic heterocycles. The Bertz CT molecular complexity index is 577. The number of hydrogen-bond acceptors (Lipinski definition) is 3. The highest BCUT2D eigenvalue weighted by Crippen LogP contribution is 2.17. The number of nitrogens with one attached hydrogen (secondary N) is 1. The molecule has 0 bridgehead atoms. The third kappa shape index (κ3) is 1.94. The molecule has 0 saturated carbocycles. The molecular weight excluding hydrogens is 209 g/mol. The number of nitrogens with two attached hydrogens (primary N) is 1. The Morgan fingerprint density at radius 3 is 3.00 bits per heavy atom. The molecule has 1 atom stereocenters. The van der Waals surface area contributed by atoms with Gasteiger partial charge in [0.25, 0.3) is 0 Å². The van der Waals surface area contributed by atoms with E-state index < -0.39 is 11.5 Å². The van der Waals surface area contributed by atoms with Crippen molar-refractivity contribution in [2.45, 2.75) is 19.4 Å². The van der Waals surface area contributed by atoms with Crippen LogP contribution < -0.4 is 11.4 Å². The number of benzene rings is 1. The first kappa shape index (κ1) is 10.8. The average molecular weight is 221 g/mol. The van der Waals surface area contributed by atoms with E-state index in [-0.39, 0.29) is 11.6 Å². The Morgan fingerprint density at radius 2 is 2.31 bits per heavy atom. The maximum Gasteiger partial charge on any atom is 0.345 e. The van der Waals surface area contributed by atoms with Crippen molar-refractivity contribution in [2.75, 3.05) is 0 Å². The quantitative estimate of drug-likeness (QED) is 0.793. The van der Waals surface area contributed by atoms with Gasteiger partial charge in [0.1, 0.15) is 11.3 Å². The van der Waals surface area contributed by atoms with Crippen LogP contribution in [0.5, 0.6) is 0 Å². The summed E-state index contributed by atoms with van der Waals surface area (Å²) < 4.78 is 13.4. The fourth-order valence-electron chi connectivity index (χ4n) is 1.68.